The first-order valence-corrected chi connectivity index (χ1v) is 4.87. The van der Waals surface area contributed by atoms with Gasteiger partial charge in [0.25, 0.3) is 5.56 Å². The highest BCUT2D eigenvalue weighted by Gasteiger charge is 2.15. The fourth-order valence-electron chi connectivity index (χ4n) is 1.50. The van der Waals surface area contributed by atoms with Crippen molar-refractivity contribution in [2.45, 2.75) is 13.8 Å². The highest BCUT2D eigenvalue weighted by Crippen LogP contribution is 2.08. The SMILES string of the molecule is CCOC(=O)c1ncn2c(C)cc(=O)[nH]c12. The largest absolute Gasteiger partial charge is 0.461 e. The molecule has 0 aliphatic heterocycles. The summed E-state index contributed by atoms with van der Waals surface area (Å²) in [5, 5.41) is 0. The third-order valence-corrected chi connectivity index (χ3v) is 2.20. The lowest BCUT2D eigenvalue weighted by molar-refractivity contribution is 0.0522. The van der Waals surface area contributed by atoms with Gasteiger partial charge in [0.05, 0.1) is 6.61 Å². The van der Waals surface area contributed by atoms with Crippen molar-refractivity contribution in [1.82, 2.24) is 14.4 Å². The number of nitrogens with zero attached hydrogens (tertiary/aromatic N) is 2. The minimum Gasteiger partial charge on any atom is -0.461 e. The lowest BCUT2D eigenvalue weighted by Crippen LogP contribution is -2.12. The number of esters is 1. The predicted molar refractivity (Wildman–Crippen MR) is 56.5 cm³/mol. The Morgan fingerprint density at radius 3 is 3.06 bits per heavy atom. The average Bonchev–Trinajstić information content (AvgIpc) is 2.61. The molecule has 0 fully saturated rings. The van der Waals surface area contributed by atoms with Gasteiger partial charge in [-0.15, -0.1) is 0 Å². The molecule has 2 aromatic heterocycles. The molecule has 84 valence electrons. The standard InChI is InChI=1S/C10H11N3O3/c1-3-16-10(15)8-9-12-7(14)4-6(2)13(9)5-11-8/h4-5H,3H2,1-2H3,(H,12,14). The minimum absolute atomic E-state index is 0.127. The highest BCUT2D eigenvalue weighted by molar-refractivity contribution is 5.93. The van der Waals surface area contributed by atoms with Crippen LogP contribution in [0.25, 0.3) is 5.65 Å². The topological polar surface area (TPSA) is 76.5 Å². The number of carbonyl (C=O) groups is 1. The molecule has 6 nitrogen and oxygen atoms in total. The van der Waals surface area contributed by atoms with Crippen molar-refractivity contribution >= 4 is 11.6 Å². The Morgan fingerprint density at radius 2 is 2.38 bits per heavy atom. The number of ether oxygens (including phenoxy) is 1. The molecule has 2 rings (SSSR count). The van der Waals surface area contributed by atoms with E-state index >= 15 is 0 Å². The van der Waals surface area contributed by atoms with Crippen LogP contribution >= 0.6 is 0 Å². The number of fused-ring (bicyclic) bond motifs is 1. The Morgan fingerprint density at radius 1 is 1.62 bits per heavy atom. The molecule has 16 heavy (non-hydrogen) atoms. The smallest absolute Gasteiger partial charge is 0.360 e. The molecule has 2 aromatic rings. The molecule has 0 saturated carbocycles. The average molecular weight is 221 g/mol. The van der Waals surface area contributed by atoms with Crippen molar-refractivity contribution in [2.75, 3.05) is 6.61 Å². The van der Waals surface area contributed by atoms with Gasteiger partial charge in [-0.3, -0.25) is 9.20 Å². The molecule has 6 heteroatoms. The maximum atomic E-state index is 11.5. The lowest BCUT2D eigenvalue weighted by atomic mass is 10.4. The number of nitrogens with one attached hydrogen (secondary N) is 1. The van der Waals surface area contributed by atoms with Gasteiger partial charge in [-0.05, 0) is 13.8 Å². The van der Waals surface area contributed by atoms with Gasteiger partial charge in [0, 0.05) is 11.8 Å². The van der Waals surface area contributed by atoms with Gasteiger partial charge >= 0.3 is 5.97 Å². The highest BCUT2D eigenvalue weighted by atomic mass is 16.5. The third-order valence-electron chi connectivity index (χ3n) is 2.20. The number of aromatic nitrogens is 3. The molecule has 0 atom stereocenters. The molecule has 0 amide bonds. The van der Waals surface area contributed by atoms with Gasteiger partial charge < -0.3 is 9.72 Å². The molecule has 0 aromatic carbocycles. The molecule has 0 unspecified atom stereocenters. The fourth-order valence-corrected chi connectivity index (χ4v) is 1.50. The second-order valence-electron chi connectivity index (χ2n) is 3.31. The molecule has 1 N–H and O–H groups in total. The van der Waals surface area contributed by atoms with E-state index in [1.54, 1.807) is 18.2 Å². The normalized spacial score (nSPS) is 10.6. The van der Waals surface area contributed by atoms with E-state index in [9.17, 15) is 9.59 Å². The zero-order valence-electron chi connectivity index (χ0n) is 8.98. The van der Waals surface area contributed by atoms with Crippen LogP contribution in [-0.4, -0.2) is 26.9 Å². The molecule has 0 saturated heterocycles. The van der Waals surface area contributed by atoms with E-state index in [1.165, 1.54) is 12.4 Å². The van der Waals surface area contributed by atoms with Crippen LogP contribution in [0.3, 0.4) is 0 Å². The Hall–Kier alpha value is -2.11. The Balaban J connectivity index is 2.64. The number of carbonyl (C=O) groups excluding carboxylic acids is 1. The summed E-state index contributed by atoms with van der Waals surface area (Å²) in [6.07, 6.45) is 1.48. The van der Waals surface area contributed by atoms with Crippen LogP contribution in [0.15, 0.2) is 17.2 Å². The van der Waals surface area contributed by atoms with Crippen LogP contribution in [0.5, 0.6) is 0 Å². The zero-order valence-corrected chi connectivity index (χ0v) is 8.98. The molecule has 0 radical (unpaired) electrons. The number of aromatic amines is 1. The Kier molecular flexibility index (Phi) is 2.47. The van der Waals surface area contributed by atoms with E-state index in [0.29, 0.717) is 11.3 Å². The van der Waals surface area contributed by atoms with Crippen molar-refractivity contribution < 1.29 is 9.53 Å². The van der Waals surface area contributed by atoms with Crippen molar-refractivity contribution in [3.05, 3.63) is 34.1 Å². The summed E-state index contributed by atoms with van der Waals surface area (Å²) in [7, 11) is 0. The summed E-state index contributed by atoms with van der Waals surface area (Å²) in [5.74, 6) is -0.536. The van der Waals surface area contributed by atoms with Crippen LogP contribution in [-0.2, 0) is 4.74 Å². The van der Waals surface area contributed by atoms with Gasteiger partial charge in [-0.2, -0.15) is 0 Å². The molecule has 2 heterocycles. The first kappa shape index (κ1) is 10.4. The van der Waals surface area contributed by atoms with Gasteiger partial charge in [-0.1, -0.05) is 0 Å². The number of H-pyrrole nitrogens is 1. The number of rotatable bonds is 2. The molecule has 0 aliphatic carbocycles. The fraction of sp³-hybridized carbons (Fsp3) is 0.300. The molecule has 0 aliphatic rings. The Labute approximate surface area is 90.9 Å². The molecular formula is C10H11N3O3. The van der Waals surface area contributed by atoms with Crippen LogP contribution in [0.2, 0.25) is 0 Å². The molecule has 0 spiro atoms. The first-order chi connectivity index (χ1) is 7.63. The second kappa shape index (κ2) is 3.80. The summed E-state index contributed by atoms with van der Waals surface area (Å²) in [4.78, 5) is 29.3. The summed E-state index contributed by atoms with van der Waals surface area (Å²) in [6, 6.07) is 1.43. The third kappa shape index (κ3) is 1.58. The maximum Gasteiger partial charge on any atom is 0.360 e. The van der Waals surface area contributed by atoms with Crippen LogP contribution in [0.4, 0.5) is 0 Å². The van der Waals surface area contributed by atoms with Gasteiger partial charge in [-0.25, -0.2) is 9.78 Å². The number of imidazole rings is 1. The summed E-state index contributed by atoms with van der Waals surface area (Å²) in [6.45, 7) is 3.75. The van der Waals surface area contributed by atoms with Crippen molar-refractivity contribution in [2.24, 2.45) is 0 Å². The van der Waals surface area contributed by atoms with Gasteiger partial charge in [0.1, 0.15) is 6.33 Å². The van der Waals surface area contributed by atoms with E-state index in [2.05, 4.69) is 9.97 Å². The minimum atomic E-state index is -0.536. The Bertz CT molecular complexity index is 597. The first-order valence-electron chi connectivity index (χ1n) is 4.87. The van der Waals surface area contributed by atoms with Crippen LogP contribution in [0, 0.1) is 6.92 Å². The van der Waals surface area contributed by atoms with E-state index < -0.39 is 5.97 Å². The maximum absolute atomic E-state index is 11.5. The van der Waals surface area contributed by atoms with Gasteiger partial charge in [0.15, 0.2) is 11.3 Å². The molecular weight excluding hydrogens is 210 g/mol. The predicted octanol–water partition coefficient (Wildman–Crippen LogP) is 0.508. The zero-order chi connectivity index (χ0) is 11.7. The summed E-state index contributed by atoms with van der Waals surface area (Å²) < 4.78 is 6.47. The van der Waals surface area contributed by atoms with E-state index in [-0.39, 0.29) is 17.9 Å². The van der Waals surface area contributed by atoms with Gasteiger partial charge in [0.2, 0.25) is 0 Å². The number of hydrogen-bond donors (Lipinski definition) is 1. The van der Waals surface area contributed by atoms with Crippen LogP contribution < -0.4 is 5.56 Å². The van der Waals surface area contributed by atoms with E-state index in [0.717, 1.165) is 0 Å². The second-order valence-corrected chi connectivity index (χ2v) is 3.31. The van der Waals surface area contributed by atoms with E-state index in [4.69, 9.17) is 4.74 Å². The monoisotopic (exact) mass is 221 g/mol. The number of aryl methyl sites for hydroxylation is 1. The van der Waals surface area contributed by atoms with Crippen molar-refractivity contribution in [3.63, 3.8) is 0 Å². The number of hydrogen-bond acceptors (Lipinski definition) is 4. The van der Waals surface area contributed by atoms with Crippen molar-refractivity contribution in [3.8, 4) is 0 Å². The van der Waals surface area contributed by atoms with Crippen molar-refractivity contribution in [1.29, 1.82) is 0 Å². The summed E-state index contributed by atoms with van der Waals surface area (Å²) >= 11 is 0. The van der Waals surface area contributed by atoms with E-state index in [1.807, 2.05) is 0 Å². The quantitative estimate of drug-likeness (QED) is 0.749. The lowest BCUT2D eigenvalue weighted by Gasteiger charge is -2.00. The molecule has 0 bridgehead atoms. The van der Waals surface area contributed by atoms with Crippen LogP contribution in [0.1, 0.15) is 23.1 Å². The summed E-state index contributed by atoms with van der Waals surface area (Å²) in [5.41, 5.74) is 0.934.